The summed E-state index contributed by atoms with van der Waals surface area (Å²) in [6, 6.07) is 12.7. The average molecular weight is 506 g/mol. The van der Waals surface area contributed by atoms with Crippen molar-refractivity contribution in [1.82, 2.24) is 9.97 Å². The number of halogens is 6. The lowest BCUT2D eigenvalue weighted by Gasteiger charge is -2.32. The third kappa shape index (κ3) is 4.67. The summed E-state index contributed by atoms with van der Waals surface area (Å²) in [4.78, 5) is 21.0. The van der Waals surface area contributed by atoms with Gasteiger partial charge in [-0.2, -0.15) is 26.3 Å². The second-order valence-electron chi connectivity index (χ2n) is 7.70. The van der Waals surface area contributed by atoms with Crippen molar-refractivity contribution in [2.75, 3.05) is 10.6 Å². The molecule has 0 bridgehead atoms. The molecule has 0 aliphatic rings. The number of pyridine rings is 2. The molecule has 4 rings (SSSR count). The number of aliphatic hydroxyl groups is 1. The van der Waals surface area contributed by atoms with Crippen LogP contribution in [-0.4, -0.2) is 33.3 Å². The maximum atomic E-state index is 13.1. The quantitative estimate of drug-likeness (QED) is 0.292. The molecule has 0 aliphatic heterocycles. The van der Waals surface area contributed by atoms with Gasteiger partial charge in [-0.05, 0) is 47.9 Å². The molecule has 12 heteroatoms. The van der Waals surface area contributed by atoms with Crippen molar-refractivity contribution in [1.29, 1.82) is 0 Å². The van der Waals surface area contributed by atoms with E-state index < -0.39 is 29.4 Å². The highest BCUT2D eigenvalue weighted by Gasteiger charge is 2.71. The van der Waals surface area contributed by atoms with Crippen molar-refractivity contribution in [3.8, 4) is 0 Å². The first-order valence-electron chi connectivity index (χ1n) is 10.2. The highest BCUT2D eigenvalue weighted by Crippen LogP contribution is 2.50. The van der Waals surface area contributed by atoms with E-state index in [0.29, 0.717) is 17.8 Å². The maximum absolute atomic E-state index is 13.1. The van der Waals surface area contributed by atoms with E-state index in [-0.39, 0.29) is 17.1 Å². The van der Waals surface area contributed by atoms with E-state index in [0.717, 1.165) is 22.9 Å². The number of carbonyl (C=O) groups is 1. The number of benzene rings is 2. The van der Waals surface area contributed by atoms with E-state index in [4.69, 9.17) is 0 Å². The fourth-order valence-electron chi connectivity index (χ4n) is 3.47. The molecular weight excluding hydrogens is 490 g/mol. The van der Waals surface area contributed by atoms with Gasteiger partial charge >= 0.3 is 12.4 Å². The molecule has 6 nitrogen and oxygen atoms in total. The van der Waals surface area contributed by atoms with Crippen LogP contribution in [0.4, 0.5) is 43.5 Å². The number of nitrogens with zero attached hydrogens (tertiary/aromatic N) is 2. The summed E-state index contributed by atoms with van der Waals surface area (Å²) in [5.74, 6) is -0.555. The Labute approximate surface area is 199 Å². The predicted molar refractivity (Wildman–Crippen MR) is 120 cm³/mol. The van der Waals surface area contributed by atoms with Crippen LogP contribution in [0.3, 0.4) is 0 Å². The van der Waals surface area contributed by atoms with E-state index in [9.17, 15) is 36.2 Å². The minimum atomic E-state index is -6.01. The molecule has 0 saturated heterocycles. The molecule has 2 aromatic heterocycles. The Balaban J connectivity index is 1.56. The summed E-state index contributed by atoms with van der Waals surface area (Å²) >= 11 is 0. The van der Waals surface area contributed by atoms with E-state index in [1.54, 1.807) is 24.5 Å². The zero-order valence-corrected chi connectivity index (χ0v) is 18.0. The molecule has 4 aromatic rings. The summed E-state index contributed by atoms with van der Waals surface area (Å²) in [6.45, 7) is 0. The zero-order valence-electron chi connectivity index (χ0n) is 18.0. The van der Waals surface area contributed by atoms with Crippen LogP contribution in [-0.2, 0) is 5.60 Å². The normalized spacial score (nSPS) is 12.4. The minimum Gasteiger partial charge on any atom is -0.369 e. The van der Waals surface area contributed by atoms with Gasteiger partial charge in [0.25, 0.3) is 11.5 Å². The van der Waals surface area contributed by atoms with Crippen LogP contribution in [0.25, 0.3) is 10.8 Å². The number of anilines is 3. The van der Waals surface area contributed by atoms with E-state index in [1.165, 1.54) is 18.3 Å². The molecule has 0 unspecified atom stereocenters. The lowest BCUT2D eigenvalue weighted by atomic mass is 9.92. The lowest BCUT2D eigenvalue weighted by molar-refractivity contribution is -0.376. The standard InChI is InChI=1S/C24H16F6N4O2/c25-23(26,27)22(36,24(28,29)30)16-4-7-17(8-5-16)34-21(35)19-2-1-10-32-20(19)33-18-6-3-14-9-11-31-13-15(14)12-18/h1-13,36H,(H,32,33)(H,34,35). The molecule has 0 saturated carbocycles. The highest BCUT2D eigenvalue weighted by molar-refractivity contribution is 6.07. The van der Waals surface area contributed by atoms with Crippen LogP contribution < -0.4 is 10.6 Å². The van der Waals surface area contributed by atoms with Gasteiger partial charge in [0.1, 0.15) is 5.82 Å². The van der Waals surface area contributed by atoms with Gasteiger partial charge in [-0.25, -0.2) is 4.98 Å². The van der Waals surface area contributed by atoms with Crippen molar-refractivity contribution in [3.63, 3.8) is 0 Å². The van der Waals surface area contributed by atoms with Gasteiger partial charge in [-0.3, -0.25) is 9.78 Å². The topological polar surface area (TPSA) is 87.1 Å². The van der Waals surface area contributed by atoms with Gasteiger partial charge in [0.2, 0.25) is 0 Å². The van der Waals surface area contributed by atoms with Crippen molar-refractivity contribution in [3.05, 3.63) is 90.4 Å². The fourth-order valence-corrected chi connectivity index (χ4v) is 3.47. The molecule has 0 spiro atoms. The minimum absolute atomic E-state index is 0.0648. The monoisotopic (exact) mass is 506 g/mol. The van der Waals surface area contributed by atoms with Gasteiger partial charge in [-0.1, -0.05) is 18.2 Å². The Kier molecular flexibility index (Phi) is 6.31. The number of hydrogen-bond donors (Lipinski definition) is 3. The van der Waals surface area contributed by atoms with Crippen molar-refractivity contribution < 1.29 is 36.2 Å². The first kappa shape index (κ1) is 24.9. The average Bonchev–Trinajstić information content (AvgIpc) is 2.83. The number of amides is 1. The van der Waals surface area contributed by atoms with Gasteiger partial charge in [0.15, 0.2) is 0 Å². The first-order chi connectivity index (χ1) is 16.9. The second-order valence-corrected chi connectivity index (χ2v) is 7.70. The molecule has 186 valence electrons. The third-order valence-corrected chi connectivity index (χ3v) is 5.34. The molecule has 0 aliphatic carbocycles. The van der Waals surface area contributed by atoms with Crippen LogP contribution in [0.2, 0.25) is 0 Å². The number of alkyl halides is 6. The summed E-state index contributed by atoms with van der Waals surface area (Å²) < 4.78 is 78.4. The van der Waals surface area contributed by atoms with E-state index in [1.807, 2.05) is 12.1 Å². The van der Waals surface area contributed by atoms with Crippen molar-refractivity contribution >= 4 is 33.9 Å². The number of rotatable bonds is 5. The Morgan fingerprint density at radius 2 is 1.47 bits per heavy atom. The number of fused-ring (bicyclic) bond motifs is 1. The first-order valence-corrected chi connectivity index (χ1v) is 10.2. The van der Waals surface area contributed by atoms with Crippen LogP contribution in [0, 0.1) is 0 Å². The molecule has 0 radical (unpaired) electrons. The number of aromatic nitrogens is 2. The summed E-state index contributed by atoms with van der Waals surface area (Å²) in [7, 11) is 0. The summed E-state index contributed by atoms with van der Waals surface area (Å²) in [5.41, 5.74) is -5.92. The molecule has 0 fully saturated rings. The van der Waals surface area contributed by atoms with Crippen LogP contribution >= 0.6 is 0 Å². The fraction of sp³-hybridized carbons (Fsp3) is 0.125. The second kappa shape index (κ2) is 9.11. The Bertz CT molecular complexity index is 1390. The number of carbonyl (C=O) groups excluding carboxylic acids is 1. The number of nitrogens with one attached hydrogen (secondary N) is 2. The Hall–Kier alpha value is -4.19. The molecule has 0 atom stereocenters. The van der Waals surface area contributed by atoms with Gasteiger partial charge < -0.3 is 15.7 Å². The lowest BCUT2D eigenvalue weighted by Crippen LogP contribution is -2.53. The molecule has 2 heterocycles. The zero-order chi connectivity index (χ0) is 26.1. The smallest absolute Gasteiger partial charge is 0.369 e. The van der Waals surface area contributed by atoms with Gasteiger partial charge in [-0.15, -0.1) is 0 Å². The van der Waals surface area contributed by atoms with Crippen molar-refractivity contribution in [2.45, 2.75) is 18.0 Å². The molecule has 1 amide bonds. The van der Waals surface area contributed by atoms with Gasteiger partial charge in [0, 0.05) is 40.9 Å². The van der Waals surface area contributed by atoms with Crippen LogP contribution in [0.5, 0.6) is 0 Å². The largest absolute Gasteiger partial charge is 0.430 e. The van der Waals surface area contributed by atoms with Crippen LogP contribution in [0.15, 0.2) is 79.3 Å². The predicted octanol–water partition coefficient (Wildman–Crippen LogP) is 5.94. The Morgan fingerprint density at radius 3 is 2.14 bits per heavy atom. The summed E-state index contributed by atoms with van der Waals surface area (Å²) in [6.07, 6.45) is -7.27. The molecule has 3 N–H and O–H groups in total. The molecule has 2 aromatic carbocycles. The number of hydrogen-bond acceptors (Lipinski definition) is 5. The third-order valence-electron chi connectivity index (χ3n) is 5.34. The Morgan fingerprint density at radius 1 is 0.806 bits per heavy atom. The SMILES string of the molecule is O=C(Nc1ccc(C(O)(C(F)(F)F)C(F)(F)F)cc1)c1cccnc1Nc1ccc2ccncc2c1. The van der Waals surface area contributed by atoms with Crippen molar-refractivity contribution in [2.24, 2.45) is 0 Å². The molecule has 36 heavy (non-hydrogen) atoms. The van der Waals surface area contributed by atoms with E-state index >= 15 is 0 Å². The van der Waals surface area contributed by atoms with E-state index in [2.05, 4.69) is 20.6 Å². The highest BCUT2D eigenvalue weighted by atomic mass is 19.4. The van der Waals surface area contributed by atoms with Gasteiger partial charge in [0.05, 0.1) is 5.56 Å². The van der Waals surface area contributed by atoms with Crippen LogP contribution in [0.1, 0.15) is 15.9 Å². The molecular formula is C24H16F6N4O2. The summed E-state index contributed by atoms with van der Waals surface area (Å²) in [5, 5.41) is 16.7. The maximum Gasteiger partial charge on any atom is 0.430 e.